The molecule has 0 bridgehead atoms. The molecule has 0 fully saturated rings. The fourth-order valence-corrected chi connectivity index (χ4v) is 2.90. The van der Waals surface area contributed by atoms with Crippen LogP contribution in [0.25, 0.3) is 0 Å². The first-order chi connectivity index (χ1) is 10.0. The van der Waals surface area contributed by atoms with Gasteiger partial charge in [0.15, 0.2) is 0 Å². The zero-order valence-electron chi connectivity index (χ0n) is 14.2. The molecule has 1 atom stereocenters. The molecular weight excluding hydrogens is 303 g/mol. The van der Waals surface area contributed by atoms with Gasteiger partial charge in [0.2, 0.25) is 0 Å². The average molecular weight is 337 g/mol. The summed E-state index contributed by atoms with van der Waals surface area (Å²) >= 11 is 12.7. The third-order valence-electron chi connectivity index (χ3n) is 3.87. The van der Waals surface area contributed by atoms with E-state index >= 15 is 0 Å². The molecule has 0 rings (SSSR count). The van der Waals surface area contributed by atoms with Gasteiger partial charge >= 0.3 is 0 Å². The summed E-state index contributed by atoms with van der Waals surface area (Å²) in [6.45, 7) is 7.03. The van der Waals surface area contributed by atoms with Crippen LogP contribution in [0.1, 0.15) is 85.0 Å². The summed E-state index contributed by atoms with van der Waals surface area (Å²) in [4.78, 5) is 0. The lowest BCUT2D eigenvalue weighted by molar-refractivity contribution is 0.227. The summed E-state index contributed by atoms with van der Waals surface area (Å²) in [7, 11) is 0. The van der Waals surface area contributed by atoms with Crippen LogP contribution in [0.2, 0.25) is 0 Å². The van der Waals surface area contributed by atoms with Gasteiger partial charge < -0.3 is 4.74 Å². The van der Waals surface area contributed by atoms with E-state index in [0.29, 0.717) is 5.92 Å². The second kappa shape index (κ2) is 13.8. The zero-order valence-corrected chi connectivity index (χ0v) is 15.7. The van der Waals surface area contributed by atoms with Crippen molar-refractivity contribution >= 4 is 23.2 Å². The lowest BCUT2D eigenvalue weighted by Crippen LogP contribution is -2.22. The summed E-state index contributed by atoms with van der Waals surface area (Å²) in [5.74, 6) is 0.366. The van der Waals surface area contributed by atoms with Crippen molar-refractivity contribution in [1.82, 2.24) is 0 Å². The maximum Gasteiger partial charge on any atom is 0.118 e. The molecule has 0 heterocycles. The van der Waals surface area contributed by atoms with Crippen LogP contribution in [0.4, 0.5) is 0 Å². The van der Waals surface area contributed by atoms with Crippen LogP contribution in [-0.2, 0) is 4.74 Å². The minimum Gasteiger partial charge on any atom is -0.502 e. The highest BCUT2D eigenvalue weighted by Crippen LogP contribution is 2.36. The van der Waals surface area contributed by atoms with Crippen molar-refractivity contribution in [2.45, 2.75) is 89.3 Å². The van der Waals surface area contributed by atoms with E-state index in [0.717, 1.165) is 32.3 Å². The third kappa shape index (κ3) is 13.5. The molecule has 1 unspecified atom stereocenters. The molecule has 0 radical (unpaired) electrons. The first-order valence-corrected chi connectivity index (χ1v) is 9.42. The van der Waals surface area contributed by atoms with Gasteiger partial charge in [0.25, 0.3) is 0 Å². The summed E-state index contributed by atoms with van der Waals surface area (Å²) in [5.41, 5.74) is 0. The molecule has 0 aromatic carbocycles. The van der Waals surface area contributed by atoms with Crippen molar-refractivity contribution in [3.63, 3.8) is 0 Å². The van der Waals surface area contributed by atoms with E-state index in [2.05, 4.69) is 13.8 Å². The van der Waals surface area contributed by atoms with E-state index in [9.17, 15) is 0 Å². The second-order valence-electron chi connectivity index (χ2n) is 6.00. The molecule has 0 spiro atoms. The lowest BCUT2D eigenvalue weighted by Gasteiger charge is -2.26. The van der Waals surface area contributed by atoms with Crippen LogP contribution in [0.5, 0.6) is 0 Å². The number of ether oxygens (including phenoxy) is 1. The van der Waals surface area contributed by atoms with Gasteiger partial charge in [-0.3, -0.25) is 0 Å². The Morgan fingerprint density at radius 1 is 0.952 bits per heavy atom. The molecule has 0 saturated heterocycles. The van der Waals surface area contributed by atoms with Crippen LogP contribution in [0, 0.1) is 5.92 Å². The Kier molecular flexibility index (Phi) is 13.8. The molecule has 0 aromatic heterocycles. The Labute approximate surface area is 142 Å². The Morgan fingerprint density at radius 3 is 2.19 bits per heavy atom. The Morgan fingerprint density at radius 2 is 1.57 bits per heavy atom. The predicted molar refractivity (Wildman–Crippen MR) is 96.2 cm³/mol. The molecule has 0 saturated carbocycles. The van der Waals surface area contributed by atoms with Gasteiger partial charge in [0.1, 0.15) is 4.33 Å². The van der Waals surface area contributed by atoms with Gasteiger partial charge in [-0.1, -0.05) is 58.4 Å². The molecule has 0 N–H and O–H groups in total. The standard InChI is InChI=1S/C18H34Cl2O/c1-4-6-8-9-10-11-13-17(18(3,19)20)14-12-16-21-15-7-5-2/h7,15,17H,4-6,8-14,16H2,1-3H3. The van der Waals surface area contributed by atoms with Crippen molar-refractivity contribution in [1.29, 1.82) is 0 Å². The molecule has 0 aliphatic carbocycles. The van der Waals surface area contributed by atoms with Gasteiger partial charge in [-0.15, -0.1) is 23.2 Å². The second-order valence-corrected chi connectivity index (χ2v) is 7.77. The molecule has 0 aliphatic rings. The van der Waals surface area contributed by atoms with E-state index in [-0.39, 0.29) is 0 Å². The quantitative estimate of drug-likeness (QED) is 0.184. The summed E-state index contributed by atoms with van der Waals surface area (Å²) in [5, 5.41) is 0. The highest BCUT2D eigenvalue weighted by atomic mass is 35.5. The smallest absolute Gasteiger partial charge is 0.118 e. The first-order valence-electron chi connectivity index (χ1n) is 8.66. The van der Waals surface area contributed by atoms with Crippen LogP contribution >= 0.6 is 23.2 Å². The average Bonchev–Trinajstić information content (AvgIpc) is 2.42. The van der Waals surface area contributed by atoms with E-state index in [4.69, 9.17) is 27.9 Å². The van der Waals surface area contributed by atoms with E-state index in [1.807, 2.05) is 13.0 Å². The number of hydrogen-bond acceptors (Lipinski definition) is 1. The molecular formula is C18H34Cl2O. The van der Waals surface area contributed by atoms with Crippen molar-refractivity contribution < 1.29 is 4.74 Å². The number of alkyl halides is 2. The van der Waals surface area contributed by atoms with Crippen LogP contribution in [-0.4, -0.2) is 10.9 Å². The van der Waals surface area contributed by atoms with Gasteiger partial charge in [-0.05, 0) is 38.5 Å². The van der Waals surface area contributed by atoms with E-state index in [1.54, 1.807) is 6.26 Å². The molecule has 126 valence electrons. The Bertz CT molecular complexity index is 246. The van der Waals surface area contributed by atoms with Crippen LogP contribution in [0.15, 0.2) is 12.3 Å². The molecule has 21 heavy (non-hydrogen) atoms. The maximum absolute atomic E-state index is 6.33. The van der Waals surface area contributed by atoms with Gasteiger partial charge in [-0.25, -0.2) is 0 Å². The van der Waals surface area contributed by atoms with E-state index < -0.39 is 4.33 Å². The minimum atomic E-state index is -0.622. The summed E-state index contributed by atoms with van der Waals surface area (Å²) in [6, 6.07) is 0. The lowest BCUT2D eigenvalue weighted by atomic mass is 9.93. The number of unbranched alkanes of at least 4 members (excludes halogenated alkanes) is 5. The molecule has 1 nitrogen and oxygen atoms in total. The van der Waals surface area contributed by atoms with Crippen LogP contribution in [0.3, 0.4) is 0 Å². The molecule has 3 heteroatoms. The Hall–Kier alpha value is 0.120. The number of rotatable bonds is 14. The monoisotopic (exact) mass is 336 g/mol. The normalized spacial score (nSPS) is 13.8. The summed E-state index contributed by atoms with van der Waals surface area (Å²) < 4.78 is 4.82. The van der Waals surface area contributed by atoms with Gasteiger partial charge in [0.05, 0.1) is 12.9 Å². The van der Waals surface area contributed by atoms with Crippen molar-refractivity contribution in [3.8, 4) is 0 Å². The van der Waals surface area contributed by atoms with Gasteiger partial charge in [0, 0.05) is 0 Å². The van der Waals surface area contributed by atoms with Crippen molar-refractivity contribution in [3.05, 3.63) is 12.3 Å². The Balaban J connectivity index is 3.81. The minimum absolute atomic E-state index is 0.366. The molecule has 0 aromatic rings. The number of hydrogen-bond donors (Lipinski definition) is 0. The molecule has 0 aliphatic heterocycles. The number of halogens is 2. The summed E-state index contributed by atoms with van der Waals surface area (Å²) in [6.07, 6.45) is 15.9. The third-order valence-corrected chi connectivity index (χ3v) is 4.48. The highest BCUT2D eigenvalue weighted by molar-refractivity contribution is 6.48. The SMILES string of the molecule is CCC=COCCCC(CCCCCCCC)C(C)(Cl)Cl. The fraction of sp³-hybridized carbons (Fsp3) is 0.889. The first kappa shape index (κ1) is 21.1. The predicted octanol–water partition coefficient (Wildman–Crippen LogP) is 7.27. The van der Waals surface area contributed by atoms with Crippen LogP contribution < -0.4 is 0 Å². The van der Waals surface area contributed by atoms with E-state index in [1.165, 1.54) is 38.5 Å². The topological polar surface area (TPSA) is 9.23 Å². The van der Waals surface area contributed by atoms with Crippen molar-refractivity contribution in [2.75, 3.05) is 6.61 Å². The van der Waals surface area contributed by atoms with Crippen molar-refractivity contribution in [2.24, 2.45) is 5.92 Å². The van der Waals surface area contributed by atoms with Gasteiger partial charge in [-0.2, -0.15) is 0 Å². The number of allylic oxidation sites excluding steroid dienone is 1. The highest BCUT2D eigenvalue weighted by Gasteiger charge is 2.28. The fourth-order valence-electron chi connectivity index (χ4n) is 2.47. The zero-order chi connectivity index (χ0) is 16.0. The largest absolute Gasteiger partial charge is 0.502 e. The molecule has 0 amide bonds. The maximum atomic E-state index is 6.33.